The van der Waals surface area contributed by atoms with Crippen LogP contribution in [0.1, 0.15) is 23.8 Å². The van der Waals surface area contributed by atoms with Crippen LogP contribution in [-0.4, -0.2) is 32.9 Å². The maximum Gasteiger partial charge on any atom is 0.243 e. The van der Waals surface area contributed by atoms with Crippen LogP contribution in [0.3, 0.4) is 0 Å². The molecule has 0 bridgehead atoms. The number of sulfone groups is 1. The molecular weight excluding hydrogens is 588 g/mol. The Hall–Kier alpha value is -0.970. The van der Waals surface area contributed by atoms with Gasteiger partial charge in [-0.2, -0.15) is 4.31 Å². The van der Waals surface area contributed by atoms with Gasteiger partial charge in [-0.3, -0.25) is 0 Å². The number of sulfonamides is 1. The van der Waals surface area contributed by atoms with Crippen LogP contribution in [0.5, 0.6) is 0 Å². The first-order valence-electron chi connectivity index (χ1n) is 9.76. The second-order valence-electron chi connectivity index (χ2n) is 7.66. The monoisotopic (exact) mass is 601 g/mol. The lowest BCUT2D eigenvalue weighted by molar-refractivity contribution is 0.339. The van der Waals surface area contributed by atoms with Crippen molar-refractivity contribution in [3.63, 3.8) is 0 Å². The Balaban J connectivity index is 1.88. The molecule has 1 aliphatic heterocycles. The Morgan fingerprint density at radius 1 is 0.853 bits per heavy atom. The van der Waals surface area contributed by atoms with Gasteiger partial charge in [0.15, 0.2) is 9.84 Å². The first-order valence-corrected chi connectivity index (χ1v) is 14.6. The molecule has 1 aromatic heterocycles. The van der Waals surface area contributed by atoms with Gasteiger partial charge in [0.25, 0.3) is 0 Å². The van der Waals surface area contributed by atoms with Crippen molar-refractivity contribution in [2.75, 3.05) is 6.54 Å². The summed E-state index contributed by atoms with van der Waals surface area (Å²) in [6.07, 6.45) is 1.29. The number of aryl methyl sites for hydroxylation is 1. The maximum absolute atomic E-state index is 13.9. The van der Waals surface area contributed by atoms with E-state index in [4.69, 9.17) is 62.4 Å². The van der Waals surface area contributed by atoms with E-state index in [2.05, 4.69) is 0 Å². The number of nitrogens with zero attached hydrogens (tertiary/aromatic N) is 1. The Kier molecular flexibility index (Phi) is 7.28. The molecule has 0 N–H and O–H groups in total. The summed E-state index contributed by atoms with van der Waals surface area (Å²) < 4.78 is 61.4. The summed E-state index contributed by atoms with van der Waals surface area (Å²) in [5.41, 5.74) is 0.879. The van der Waals surface area contributed by atoms with Crippen molar-refractivity contribution in [1.82, 2.24) is 4.31 Å². The first kappa shape index (κ1) is 26.1. The van der Waals surface area contributed by atoms with Gasteiger partial charge in [0.1, 0.15) is 16.7 Å². The van der Waals surface area contributed by atoms with E-state index in [1.807, 2.05) is 6.92 Å². The maximum atomic E-state index is 13.9. The van der Waals surface area contributed by atoms with E-state index in [-0.39, 0.29) is 48.7 Å². The van der Waals surface area contributed by atoms with E-state index in [0.717, 1.165) is 9.87 Å². The molecule has 0 unspecified atom stereocenters. The third-order valence-electron chi connectivity index (χ3n) is 5.61. The molecule has 1 saturated heterocycles. The van der Waals surface area contributed by atoms with Crippen molar-refractivity contribution < 1.29 is 21.3 Å². The minimum absolute atomic E-state index is 0.0290. The average molecular weight is 604 g/mol. The second-order valence-corrected chi connectivity index (χ2v) is 13.5. The highest BCUT2D eigenvalue weighted by Crippen LogP contribution is 2.50. The van der Waals surface area contributed by atoms with Gasteiger partial charge in [0.2, 0.25) is 10.0 Å². The summed E-state index contributed by atoms with van der Waals surface area (Å²) in [6, 6.07) is 8.14. The Labute approximate surface area is 222 Å². The third-order valence-corrected chi connectivity index (χ3v) is 12.3. The fourth-order valence-corrected chi connectivity index (χ4v) is 9.61. The van der Waals surface area contributed by atoms with Gasteiger partial charge in [0, 0.05) is 6.54 Å². The first-order chi connectivity index (χ1) is 15.9. The SMILES string of the molecule is Cc1ccc(S(=O)(=O)N2CC[C@H](S(=O)(=O)c3c(Cl)c(Cl)c(Cl)c(Cl)c3Cl)[C@H]2c2ccco2)cc1. The molecule has 3 aromatic rings. The topological polar surface area (TPSA) is 84.7 Å². The van der Waals surface area contributed by atoms with Crippen LogP contribution in [0.25, 0.3) is 0 Å². The molecule has 1 fully saturated rings. The summed E-state index contributed by atoms with van der Waals surface area (Å²) in [7, 11) is -8.46. The largest absolute Gasteiger partial charge is 0.468 e. The summed E-state index contributed by atoms with van der Waals surface area (Å²) in [5.74, 6) is 0.153. The molecule has 182 valence electrons. The third kappa shape index (κ3) is 4.26. The molecule has 2 atom stereocenters. The lowest BCUT2D eigenvalue weighted by Crippen LogP contribution is -2.35. The van der Waals surface area contributed by atoms with Gasteiger partial charge < -0.3 is 4.42 Å². The summed E-state index contributed by atoms with van der Waals surface area (Å²) >= 11 is 30.7. The van der Waals surface area contributed by atoms with E-state index in [1.165, 1.54) is 24.5 Å². The molecule has 0 radical (unpaired) electrons. The highest BCUT2D eigenvalue weighted by atomic mass is 35.5. The number of benzene rings is 2. The standard InChI is InChI=1S/C21H16Cl5NO5S2/c1-11-4-6-12(7-5-11)34(30,31)27-9-8-14(20(27)13-3-2-10-32-13)33(28,29)21-18(25)16(23)15(22)17(24)19(21)26/h2-7,10,14,20H,8-9H2,1H3/t14-,20+/m0/s1. The smallest absolute Gasteiger partial charge is 0.243 e. The van der Waals surface area contributed by atoms with Crippen molar-refractivity contribution in [2.45, 2.75) is 34.4 Å². The fourth-order valence-electron chi connectivity index (χ4n) is 3.95. The van der Waals surface area contributed by atoms with Gasteiger partial charge in [0.05, 0.1) is 41.5 Å². The predicted molar refractivity (Wildman–Crippen MR) is 134 cm³/mol. The van der Waals surface area contributed by atoms with Crippen LogP contribution >= 0.6 is 58.0 Å². The summed E-state index contributed by atoms with van der Waals surface area (Å²) in [5, 5.41) is -2.80. The Morgan fingerprint density at radius 2 is 1.41 bits per heavy atom. The predicted octanol–water partition coefficient (Wildman–Crippen LogP) is 6.83. The van der Waals surface area contributed by atoms with Crippen molar-refractivity contribution in [3.8, 4) is 0 Å². The van der Waals surface area contributed by atoms with Gasteiger partial charge in [-0.15, -0.1) is 0 Å². The Bertz CT molecular complexity index is 1430. The molecule has 6 nitrogen and oxygen atoms in total. The van der Waals surface area contributed by atoms with Gasteiger partial charge >= 0.3 is 0 Å². The highest BCUT2D eigenvalue weighted by Gasteiger charge is 2.51. The lowest BCUT2D eigenvalue weighted by Gasteiger charge is -2.27. The zero-order chi connectivity index (χ0) is 25.0. The number of hydrogen-bond donors (Lipinski definition) is 0. The molecule has 1 aliphatic rings. The normalized spacial score (nSPS) is 19.6. The van der Waals surface area contributed by atoms with Gasteiger partial charge in [-0.1, -0.05) is 75.7 Å². The summed E-state index contributed by atoms with van der Waals surface area (Å²) in [4.78, 5) is -0.479. The minimum atomic E-state index is -4.38. The van der Waals surface area contributed by atoms with E-state index in [1.54, 1.807) is 18.2 Å². The van der Waals surface area contributed by atoms with Crippen molar-refractivity contribution in [1.29, 1.82) is 0 Å². The molecule has 2 aromatic carbocycles. The van der Waals surface area contributed by atoms with Crippen molar-refractivity contribution in [3.05, 3.63) is 79.1 Å². The van der Waals surface area contributed by atoms with Crippen LogP contribution in [0.15, 0.2) is 56.9 Å². The van der Waals surface area contributed by atoms with Crippen LogP contribution in [0.2, 0.25) is 25.1 Å². The van der Waals surface area contributed by atoms with Crippen LogP contribution in [-0.2, 0) is 19.9 Å². The molecule has 34 heavy (non-hydrogen) atoms. The van der Waals surface area contributed by atoms with E-state index in [0.29, 0.717) is 0 Å². The summed E-state index contributed by atoms with van der Waals surface area (Å²) in [6.45, 7) is 1.74. The Morgan fingerprint density at radius 3 is 1.94 bits per heavy atom. The van der Waals surface area contributed by atoms with Gasteiger partial charge in [-0.25, -0.2) is 16.8 Å². The number of furan rings is 1. The molecular formula is C21H16Cl5NO5S2. The molecule has 0 amide bonds. The van der Waals surface area contributed by atoms with Crippen molar-refractivity contribution in [2.24, 2.45) is 0 Å². The quantitative estimate of drug-likeness (QED) is 0.236. The second kappa shape index (κ2) is 9.48. The van der Waals surface area contributed by atoms with E-state index < -0.39 is 36.0 Å². The molecule has 2 heterocycles. The number of halogens is 5. The average Bonchev–Trinajstić information content (AvgIpc) is 3.46. The molecule has 4 rings (SSSR count). The van der Waals surface area contributed by atoms with Crippen LogP contribution in [0.4, 0.5) is 0 Å². The van der Waals surface area contributed by atoms with E-state index in [9.17, 15) is 16.8 Å². The number of rotatable bonds is 5. The molecule has 13 heteroatoms. The fraction of sp³-hybridized carbons (Fsp3) is 0.238. The highest BCUT2D eigenvalue weighted by molar-refractivity contribution is 7.92. The van der Waals surface area contributed by atoms with E-state index >= 15 is 0 Å². The van der Waals surface area contributed by atoms with Crippen LogP contribution in [0, 0.1) is 6.92 Å². The lowest BCUT2D eigenvalue weighted by atomic mass is 10.2. The van der Waals surface area contributed by atoms with Gasteiger partial charge in [-0.05, 0) is 37.6 Å². The zero-order valence-corrected chi connectivity index (χ0v) is 22.7. The molecule has 0 spiro atoms. The van der Waals surface area contributed by atoms with Crippen LogP contribution < -0.4 is 0 Å². The number of hydrogen-bond acceptors (Lipinski definition) is 5. The molecule has 0 aliphatic carbocycles. The minimum Gasteiger partial charge on any atom is -0.468 e. The zero-order valence-electron chi connectivity index (χ0n) is 17.3. The molecule has 0 saturated carbocycles. The van der Waals surface area contributed by atoms with Crippen molar-refractivity contribution >= 4 is 77.9 Å².